The summed E-state index contributed by atoms with van der Waals surface area (Å²) in [6.07, 6.45) is -0.794. The molecule has 0 saturated carbocycles. The molecule has 0 aromatic heterocycles. The van der Waals surface area contributed by atoms with Crippen LogP contribution in [0.3, 0.4) is 0 Å². The van der Waals surface area contributed by atoms with Crippen molar-refractivity contribution in [3.8, 4) is 23.6 Å². The summed E-state index contributed by atoms with van der Waals surface area (Å²) in [5.74, 6) is 0.434. The summed E-state index contributed by atoms with van der Waals surface area (Å²) < 4.78 is 11.1. The zero-order valence-electron chi connectivity index (χ0n) is 13.9. The summed E-state index contributed by atoms with van der Waals surface area (Å²) in [6.45, 7) is 3.84. The minimum atomic E-state index is -0.794. The van der Waals surface area contributed by atoms with Crippen molar-refractivity contribution in [1.82, 2.24) is 0 Å². The number of nitrogens with one attached hydrogen (secondary N) is 1. The van der Waals surface area contributed by atoms with Gasteiger partial charge in [-0.15, -0.1) is 0 Å². The van der Waals surface area contributed by atoms with Gasteiger partial charge in [0.1, 0.15) is 0 Å². The van der Waals surface area contributed by atoms with E-state index in [9.17, 15) is 4.79 Å². The van der Waals surface area contributed by atoms with Gasteiger partial charge in [-0.25, -0.2) is 0 Å². The minimum Gasteiger partial charge on any atom is -0.490 e. The van der Waals surface area contributed by atoms with Crippen LogP contribution in [0, 0.1) is 22.7 Å². The molecule has 1 atom stereocenters. The number of nitrogens with zero attached hydrogens (tertiary/aromatic N) is 2. The van der Waals surface area contributed by atoms with Crippen molar-refractivity contribution in [3.63, 3.8) is 0 Å². The molecule has 0 unspecified atom stereocenters. The predicted molar refractivity (Wildman–Crippen MR) is 92.2 cm³/mol. The molecule has 2 aromatic carbocycles. The number of benzene rings is 2. The molecule has 1 N–H and O–H groups in total. The molecule has 0 saturated heterocycles. The molecule has 0 radical (unpaired) electrons. The van der Waals surface area contributed by atoms with E-state index in [-0.39, 0.29) is 5.91 Å². The molecule has 0 spiro atoms. The molecular formula is C19H17N3O3. The molecule has 6 heteroatoms. The smallest absolute Gasteiger partial charge is 0.265 e. The van der Waals surface area contributed by atoms with E-state index in [1.165, 1.54) is 0 Å². The zero-order chi connectivity index (χ0) is 18.2. The van der Waals surface area contributed by atoms with E-state index in [4.69, 9.17) is 20.0 Å². The first-order valence-corrected chi connectivity index (χ1v) is 7.72. The Hall–Kier alpha value is -3.51. The van der Waals surface area contributed by atoms with Gasteiger partial charge in [0.05, 0.1) is 29.9 Å². The fourth-order valence-corrected chi connectivity index (χ4v) is 2.10. The van der Waals surface area contributed by atoms with Crippen molar-refractivity contribution in [2.75, 3.05) is 11.9 Å². The molecule has 1 amide bonds. The van der Waals surface area contributed by atoms with Crippen molar-refractivity contribution in [3.05, 3.63) is 53.6 Å². The van der Waals surface area contributed by atoms with Gasteiger partial charge >= 0.3 is 0 Å². The Bertz CT molecular complexity index is 850. The molecule has 6 nitrogen and oxygen atoms in total. The van der Waals surface area contributed by atoms with Crippen LogP contribution in [-0.4, -0.2) is 18.6 Å². The van der Waals surface area contributed by atoms with Crippen LogP contribution in [0.4, 0.5) is 5.69 Å². The van der Waals surface area contributed by atoms with Crippen molar-refractivity contribution >= 4 is 11.6 Å². The number of carbonyl (C=O) groups excluding carboxylic acids is 1. The predicted octanol–water partition coefficient (Wildman–Crippen LogP) is 3.23. The van der Waals surface area contributed by atoms with Gasteiger partial charge in [0, 0.05) is 11.8 Å². The maximum Gasteiger partial charge on any atom is 0.265 e. The Kier molecular flexibility index (Phi) is 5.97. The number of rotatable bonds is 6. The quantitative estimate of drug-likeness (QED) is 0.874. The highest BCUT2D eigenvalue weighted by molar-refractivity contribution is 5.94. The first-order valence-electron chi connectivity index (χ1n) is 7.72. The number of hydrogen-bond donors (Lipinski definition) is 1. The molecule has 0 heterocycles. The second kappa shape index (κ2) is 8.37. The number of nitriles is 2. The van der Waals surface area contributed by atoms with Crippen LogP contribution in [-0.2, 0) is 4.79 Å². The van der Waals surface area contributed by atoms with Crippen LogP contribution in [0.2, 0.25) is 0 Å². The van der Waals surface area contributed by atoms with E-state index >= 15 is 0 Å². The number of hydrogen-bond acceptors (Lipinski definition) is 5. The lowest BCUT2D eigenvalue weighted by atomic mass is 10.2. The molecule has 25 heavy (non-hydrogen) atoms. The maximum atomic E-state index is 12.3. The van der Waals surface area contributed by atoms with Gasteiger partial charge in [0.15, 0.2) is 17.6 Å². The molecule has 0 aliphatic rings. The maximum absolute atomic E-state index is 12.3. The summed E-state index contributed by atoms with van der Waals surface area (Å²) in [5, 5.41) is 20.6. The Morgan fingerprint density at radius 3 is 2.52 bits per heavy atom. The standard InChI is InChI=1S/C19H17N3O3/c1-3-24-18-10-15(12-21)7-8-17(18)25-13(2)19(23)22-16-6-4-5-14(9-16)11-20/h4-10,13H,3H2,1-2H3,(H,22,23)/t13-/m1/s1. The first kappa shape index (κ1) is 17.8. The lowest BCUT2D eigenvalue weighted by Gasteiger charge is -2.17. The van der Waals surface area contributed by atoms with Crippen LogP contribution >= 0.6 is 0 Å². The lowest BCUT2D eigenvalue weighted by molar-refractivity contribution is -0.122. The monoisotopic (exact) mass is 335 g/mol. The third-order valence-electron chi connectivity index (χ3n) is 3.30. The van der Waals surface area contributed by atoms with E-state index in [1.807, 2.05) is 19.1 Å². The number of anilines is 1. The largest absolute Gasteiger partial charge is 0.490 e. The van der Waals surface area contributed by atoms with E-state index in [1.54, 1.807) is 49.4 Å². The normalized spacial score (nSPS) is 10.9. The molecule has 0 aliphatic carbocycles. The summed E-state index contributed by atoms with van der Waals surface area (Å²) in [4.78, 5) is 12.3. The second-order valence-corrected chi connectivity index (χ2v) is 5.15. The average molecular weight is 335 g/mol. The Morgan fingerprint density at radius 1 is 1.12 bits per heavy atom. The topological polar surface area (TPSA) is 95.1 Å². The second-order valence-electron chi connectivity index (χ2n) is 5.15. The third-order valence-corrected chi connectivity index (χ3v) is 3.30. The fourth-order valence-electron chi connectivity index (χ4n) is 2.10. The number of ether oxygens (including phenoxy) is 2. The third kappa shape index (κ3) is 4.73. The summed E-state index contributed by atoms with van der Waals surface area (Å²) in [7, 11) is 0. The van der Waals surface area contributed by atoms with Crippen LogP contribution in [0.5, 0.6) is 11.5 Å². The Morgan fingerprint density at radius 2 is 1.84 bits per heavy atom. The van der Waals surface area contributed by atoms with E-state index in [0.29, 0.717) is 34.9 Å². The van der Waals surface area contributed by atoms with E-state index in [2.05, 4.69) is 5.32 Å². The van der Waals surface area contributed by atoms with Gasteiger partial charge in [0.2, 0.25) is 0 Å². The molecule has 2 aromatic rings. The molecule has 0 fully saturated rings. The van der Waals surface area contributed by atoms with Crippen LogP contribution < -0.4 is 14.8 Å². The highest BCUT2D eigenvalue weighted by Gasteiger charge is 2.17. The van der Waals surface area contributed by atoms with Crippen molar-refractivity contribution < 1.29 is 14.3 Å². The summed E-state index contributed by atoms with van der Waals surface area (Å²) >= 11 is 0. The van der Waals surface area contributed by atoms with Gasteiger partial charge in [0.25, 0.3) is 5.91 Å². The minimum absolute atomic E-state index is 0.359. The Labute approximate surface area is 146 Å². The first-order chi connectivity index (χ1) is 12.1. The molecular weight excluding hydrogens is 318 g/mol. The van der Waals surface area contributed by atoms with Crippen LogP contribution in [0.1, 0.15) is 25.0 Å². The molecule has 126 valence electrons. The van der Waals surface area contributed by atoms with Crippen LogP contribution in [0.25, 0.3) is 0 Å². The van der Waals surface area contributed by atoms with Crippen molar-refractivity contribution in [2.45, 2.75) is 20.0 Å². The number of carbonyl (C=O) groups is 1. The highest BCUT2D eigenvalue weighted by Crippen LogP contribution is 2.29. The SMILES string of the molecule is CCOc1cc(C#N)ccc1O[C@H](C)C(=O)Nc1cccc(C#N)c1. The van der Waals surface area contributed by atoms with Crippen molar-refractivity contribution in [2.24, 2.45) is 0 Å². The number of amides is 1. The van der Waals surface area contributed by atoms with Crippen LogP contribution in [0.15, 0.2) is 42.5 Å². The summed E-state index contributed by atoms with van der Waals surface area (Å²) in [5.41, 5.74) is 1.42. The van der Waals surface area contributed by atoms with Gasteiger partial charge in [-0.1, -0.05) is 6.07 Å². The summed E-state index contributed by atoms with van der Waals surface area (Å²) in [6, 6.07) is 15.4. The fraction of sp³-hybridized carbons (Fsp3) is 0.211. The zero-order valence-corrected chi connectivity index (χ0v) is 13.9. The molecule has 0 bridgehead atoms. The van der Waals surface area contributed by atoms with Gasteiger partial charge in [-0.3, -0.25) is 4.79 Å². The Balaban J connectivity index is 2.10. The lowest BCUT2D eigenvalue weighted by Crippen LogP contribution is -2.30. The highest BCUT2D eigenvalue weighted by atomic mass is 16.5. The van der Waals surface area contributed by atoms with Gasteiger partial charge in [-0.05, 0) is 44.2 Å². The van der Waals surface area contributed by atoms with Gasteiger partial charge < -0.3 is 14.8 Å². The average Bonchev–Trinajstić information content (AvgIpc) is 2.63. The van der Waals surface area contributed by atoms with E-state index in [0.717, 1.165) is 0 Å². The van der Waals surface area contributed by atoms with Gasteiger partial charge in [-0.2, -0.15) is 10.5 Å². The molecule has 0 aliphatic heterocycles. The molecule has 2 rings (SSSR count). The van der Waals surface area contributed by atoms with E-state index < -0.39 is 6.10 Å². The van der Waals surface area contributed by atoms with Crippen molar-refractivity contribution in [1.29, 1.82) is 10.5 Å².